The van der Waals surface area contributed by atoms with Crippen LogP contribution in [0.25, 0.3) is 0 Å². The number of carbonyl (C=O) groups excluding carboxylic acids is 1. The van der Waals surface area contributed by atoms with Crippen molar-refractivity contribution in [1.29, 1.82) is 0 Å². The highest BCUT2D eigenvalue weighted by Crippen LogP contribution is 2.26. The van der Waals surface area contributed by atoms with E-state index in [1.54, 1.807) is 0 Å². The van der Waals surface area contributed by atoms with E-state index in [0.29, 0.717) is 17.9 Å². The fourth-order valence-electron chi connectivity index (χ4n) is 2.59. The second-order valence-corrected chi connectivity index (χ2v) is 5.70. The molecule has 3 unspecified atom stereocenters. The first-order chi connectivity index (χ1) is 7.41. The molecular weight excluding hydrogens is 200 g/mol. The third-order valence-electron chi connectivity index (χ3n) is 3.64. The van der Waals surface area contributed by atoms with E-state index in [4.69, 9.17) is 5.73 Å². The van der Waals surface area contributed by atoms with Crippen LogP contribution in [0.5, 0.6) is 0 Å². The van der Waals surface area contributed by atoms with Crippen molar-refractivity contribution < 1.29 is 4.79 Å². The van der Waals surface area contributed by atoms with Gasteiger partial charge in [-0.1, -0.05) is 13.8 Å². The van der Waals surface area contributed by atoms with Crippen LogP contribution in [0, 0.1) is 11.8 Å². The lowest BCUT2D eigenvalue weighted by atomic mass is 10.0. The minimum absolute atomic E-state index is 0.176. The van der Waals surface area contributed by atoms with Crippen LogP contribution in [-0.4, -0.2) is 29.9 Å². The molecule has 3 atom stereocenters. The number of nitrogens with two attached hydrogens (primary N) is 1. The minimum Gasteiger partial charge on any atom is -0.343 e. The van der Waals surface area contributed by atoms with Gasteiger partial charge >= 0.3 is 0 Å². The lowest BCUT2D eigenvalue weighted by Gasteiger charge is -2.28. The highest BCUT2D eigenvalue weighted by molar-refractivity contribution is 5.79. The topological polar surface area (TPSA) is 46.3 Å². The molecule has 2 N–H and O–H groups in total. The Bertz CT molecular complexity index is 240. The molecule has 0 heterocycles. The molecule has 3 heteroatoms. The minimum atomic E-state index is 0.176. The monoisotopic (exact) mass is 226 g/mol. The van der Waals surface area contributed by atoms with Gasteiger partial charge in [-0.2, -0.15) is 0 Å². The third-order valence-corrected chi connectivity index (χ3v) is 3.64. The van der Waals surface area contributed by atoms with Gasteiger partial charge in [0.15, 0.2) is 0 Å². The molecule has 0 aromatic carbocycles. The molecule has 0 aromatic heterocycles. The molecule has 1 fully saturated rings. The van der Waals surface area contributed by atoms with Crippen LogP contribution in [0.2, 0.25) is 0 Å². The summed E-state index contributed by atoms with van der Waals surface area (Å²) in [6.45, 7) is 6.52. The van der Waals surface area contributed by atoms with Gasteiger partial charge in [0.25, 0.3) is 0 Å². The summed E-state index contributed by atoms with van der Waals surface area (Å²) in [6, 6.07) is 0.576. The molecule has 1 aliphatic carbocycles. The van der Waals surface area contributed by atoms with Crippen molar-refractivity contribution in [1.82, 2.24) is 4.90 Å². The molecule has 0 bridgehead atoms. The fourth-order valence-corrected chi connectivity index (χ4v) is 2.59. The van der Waals surface area contributed by atoms with Gasteiger partial charge in [-0.15, -0.1) is 0 Å². The number of rotatable bonds is 4. The SMILES string of the molecule is CC(C)CC(C)N(C)C(=O)C1CCC(N)C1. The highest BCUT2D eigenvalue weighted by Gasteiger charge is 2.31. The van der Waals surface area contributed by atoms with Crippen molar-refractivity contribution in [2.24, 2.45) is 17.6 Å². The smallest absolute Gasteiger partial charge is 0.225 e. The summed E-state index contributed by atoms with van der Waals surface area (Å²) in [5.41, 5.74) is 5.85. The van der Waals surface area contributed by atoms with E-state index in [2.05, 4.69) is 20.8 Å². The second kappa shape index (κ2) is 5.67. The zero-order chi connectivity index (χ0) is 12.3. The summed E-state index contributed by atoms with van der Waals surface area (Å²) in [4.78, 5) is 14.1. The van der Waals surface area contributed by atoms with Crippen molar-refractivity contribution in [3.63, 3.8) is 0 Å². The maximum absolute atomic E-state index is 12.2. The van der Waals surface area contributed by atoms with Crippen LogP contribution >= 0.6 is 0 Å². The van der Waals surface area contributed by atoms with Crippen molar-refractivity contribution in [3.05, 3.63) is 0 Å². The summed E-state index contributed by atoms with van der Waals surface area (Å²) in [5.74, 6) is 1.10. The van der Waals surface area contributed by atoms with Gasteiger partial charge < -0.3 is 10.6 Å². The largest absolute Gasteiger partial charge is 0.343 e. The Morgan fingerprint density at radius 3 is 2.44 bits per heavy atom. The van der Waals surface area contributed by atoms with Gasteiger partial charge in [-0.3, -0.25) is 4.79 Å². The summed E-state index contributed by atoms with van der Waals surface area (Å²) >= 11 is 0. The number of hydrogen-bond acceptors (Lipinski definition) is 2. The quantitative estimate of drug-likeness (QED) is 0.797. The molecule has 0 aliphatic heterocycles. The van der Waals surface area contributed by atoms with Crippen LogP contribution in [0.15, 0.2) is 0 Å². The molecule has 1 rings (SSSR count). The van der Waals surface area contributed by atoms with Gasteiger partial charge in [0.05, 0.1) is 0 Å². The first-order valence-electron chi connectivity index (χ1n) is 6.44. The number of carbonyl (C=O) groups is 1. The van der Waals surface area contributed by atoms with E-state index in [-0.39, 0.29) is 12.0 Å². The van der Waals surface area contributed by atoms with E-state index in [9.17, 15) is 4.79 Å². The summed E-state index contributed by atoms with van der Waals surface area (Å²) < 4.78 is 0. The van der Waals surface area contributed by atoms with Crippen LogP contribution < -0.4 is 5.73 Å². The van der Waals surface area contributed by atoms with E-state index in [1.165, 1.54) is 0 Å². The number of hydrogen-bond donors (Lipinski definition) is 1. The Balaban J connectivity index is 2.46. The first-order valence-corrected chi connectivity index (χ1v) is 6.44. The normalized spacial score (nSPS) is 27.1. The van der Waals surface area contributed by atoms with Crippen LogP contribution in [0.4, 0.5) is 0 Å². The van der Waals surface area contributed by atoms with Gasteiger partial charge in [-0.05, 0) is 38.5 Å². The summed E-state index contributed by atoms with van der Waals surface area (Å²) in [5, 5.41) is 0. The molecule has 1 aliphatic rings. The average molecular weight is 226 g/mol. The standard InChI is InChI=1S/C13H26N2O/c1-9(2)7-10(3)15(4)13(16)11-5-6-12(14)8-11/h9-12H,5-8,14H2,1-4H3. The molecule has 0 saturated heterocycles. The average Bonchev–Trinajstić information content (AvgIpc) is 2.61. The molecular formula is C13H26N2O. The molecule has 0 radical (unpaired) electrons. The zero-order valence-electron chi connectivity index (χ0n) is 11.1. The Hall–Kier alpha value is -0.570. The lowest BCUT2D eigenvalue weighted by Crippen LogP contribution is -2.39. The zero-order valence-corrected chi connectivity index (χ0v) is 11.1. The van der Waals surface area contributed by atoms with Crippen LogP contribution in [0.1, 0.15) is 46.5 Å². The van der Waals surface area contributed by atoms with Gasteiger partial charge in [0, 0.05) is 25.0 Å². The summed E-state index contributed by atoms with van der Waals surface area (Å²) in [7, 11) is 1.93. The Labute approximate surface area is 99.4 Å². The molecule has 0 aromatic rings. The van der Waals surface area contributed by atoms with Crippen molar-refractivity contribution in [2.75, 3.05) is 7.05 Å². The Kier molecular flexibility index (Phi) is 4.78. The van der Waals surface area contributed by atoms with E-state index < -0.39 is 0 Å². The fraction of sp³-hybridized carbons (Fsp3) is 0.923. The van der Waals surface area contributed by atoms with E-state index in [1.807, 2.05) is 11.9 Å². The summed E-state index contributed by atoms with van der Waals surface area (Å²) in [6.07, 6.45) is 3.92. The molecule has 16 heavy (non-hydrogen) atoms. The van der Waals surface area contributed by atoms with Gasteiger partial charge in [0.1, 0.15) is 0 Å². The number of nitrogens with zero attached hydrogens (tertiary/aromatic N) is 1. The van der Waals surface area contributed by atoms with E-state index in [0.717, 1.165) is 25.7 Å². The molecule has 1 saturated carbocycles. The predicted molar refractivity (Wildman–Crippen MR) is 67.0 cm³/mol. The first kappa shape index (κ1) is 13.5. The van der Waals surface area contributed by atoms with E-state index >= 15 is 0 Å². The maximum Gasteiger partial charge on any atom is 0.225 e. The number of amides is 1. The molecule has 3 nitrogen and oxygen atoms in total. The van der Waals surface area contributed by atoms with Crippen molar-refractivity contribution >= 4 is 5.91 Å². The Morgan fingerprint density at radius 1 is 1.38 bits per heavy atom. The van der Waals surface area contributed by atoms with Crippen molar-refractivity contribution in [2.45, 2.75) is 58.5 Å². The van der Waals surface area contributed by atoms with Crippen molar-refractivity contribution in [3.8, 4) is 0 Å². The second-order valence-electron chi connectivity index (χ2n) is 5.70. The van der Waals surface area contributed by atoms with Crippen LogP contribution in [0.3, 0.4) is 0 Å². The Morgan fingerprint density at radius 2 is 2.00 bits per heavy atom. The predicted octanol–water partition coefficient (Wildman–Crippen LogP) is 2.01. The molecule has 94 valence electrons. The molecule has 1 amide bonds. The van der Waals surface area contributed by atoms with Gasteiger partial charge in [-0.25, -0.2) is 0 Å². The van der Waals surface area contributed by atoms with Crippen LogP contribution in [-0.2, 0) is 4.79 Å². The third kappa shape index (κ3) is 3.48. The van der Waals surface area contributed by atoms with Gasteiger partial charge in [0.2, 0.25) is 5.91 Å². The highest BCUT2D eigenvalue weighted by atomic mass is 16.2. The molecule has 0 spiro atoms. The maximum atomic E-state index is 12.2. The lowest BCUT2D eigenvalue weighted by molar-refractivity contribution is -0.136.